The van der Waals surface area contributed by atoms with Gasteiger partial charge < -0.3 is 14.7 Å². The summed E-state index contributed by atoms with van der Waals surface area (Å²) in [5.41, 5.74) is 0.843. The van der Waals surface area contributed by atoms with E-state index in [-0.39, 0.29) is 16.9 Å². The summed E-state index contributed by atoms with van der Waals surface area (Å²) >= 11 is 0. The molecule has 0 radical (unpaired) electrons. The van der Waals surface area contributed by atoms with Gasteiger partial charge in [0, 0.05) is 77.7 Å². The standard InChI is InChI=1S/C22H33N5O2/c1-4-26-13-9-22(19(26)28)17-25(15-18-6-5-10-23-14-18)16-21(22)7-11-27(12-8-21)20(29)24(2)3/h5-6,10,14H,4,7-9,11-13,15-17H2,1-3H3/t22-/m1/s1. The highest BCUT2D eigenvalue weighted by Gasteiger charge is 2.64. The number of amides is 3. The van der Waals surface area contributed by atoms with Gasteiger partial charge in [0.05, 0.1) is 5.41 Å². The summed E-state index contributed by atoms with van der Waals surface area (Å²) in [6.45, 7) is 7.76. The Kier molecular flexibility index (Phi) is 5.27. The molecule has 3 fully saturated rings. The molecule has 3 aliphatic rings. The summed E-state index contributed by atoms with van der Waals surface area (Å²) in [6.07, 6.45) is 6.46. The number of piperidine rings is 1. The van der Waals surface area contributed by atoms with Crippen LogP contribution in [0.5, 0.6) is 0 Å². The Morgan fingerprint density at radius 2 is 1.93 bits per heavy atom. The topological polar surface area (TPSA) is 60.0 Å². The van der Waals surface area contributed by atoms with Gasteiger partial charge in [-0.1, -0.05) is 6.07 Å². The molecular formula is C22H33N5O2. The second kappa shape index (κ2) is 7.59. The van der Waals surface area contributed by atoms with Crippen LogP contribution in [0.25, 0.3) is 0 Å². The van der Waals surface area contributed by atoms with Crippen molar-refractivity contribution in [3.05, 3.63) is 30.1 Å². The van der Waals surface area contributed by atoms with Crippen molar-refractivity contribution in [2.24, 2.45) is 10.8 Å². The van der Waals surface area contributed by atoms with Crippen molar-refractivity contribution in [3.8, 4) is 0 Å². The zero-order valence-corrected chi connectivity index (χ0v) is 17.9. The molecule has 7 nitrogen and oxygen atoms in total. The zero-order valence-electron chi connectivity index (χ0n) is 17.9. The van der Waals surface area contributed by atoms with Crippen LogP contribution >= 0.6 is 0 Å². The van der Waals surface area contributed by atoms with E-state index < -0.39 is 0 Å². The molecule has 0 N–H and O–H groups in total. The third-order valence-electron chi connectivity index (χ3n) is 7.42. The van der Waals surface area contributed by atoms with Crippen molar-refractivity contribution in [2.75, 3.05) is 53.4 Å². The van der Waals surface area contributed by atoms with E-state index in [1.165, 1.54) is 5.56 Å². The number of carbonyl (C=O) groups excluding carboxylic acids is 2. The summed E-state index contributed by atoms with van der Waals surface area (Å²) in [6, 6.07) is 4.16. The number of pyridine rings is 1. The quantitative estimate of drug-likeness (QED) is 0.779. The molecule has 1 atom stereocenters. The third kappa shape index (κ3) is 3.29. The van der Waals surface area contributed by atoms with E-state index >= 15 is 0 Å². The molecule has 4 rings (SSSR count). The van der Waals surface area contributed by atoms with Crippen LogP contribution in [0, 0.1) is 10.8 Å². The third-order valence-corrected chi connectivity index (χ3v) is 7.42. The van der Waals surface area contributed by atoms with Gasteiger partial charge in [0.1, 0.15) is 0 Å². The van der Waals surface area contributed by atoms with Crippen LogP contribution < -0.4 is 0 Å². The van der Waals surface area contributed by atoms with Gasteiger partial charge in [-0.15, -0.1) is 0 Å². The highest BCUT2D eigenvalue weighted by atomic mass is 16.2. The maximum Gasteiger partial charge on any atom is 0.319 e. The average Bonchev–Trinajstić information content (AvgIpc) is 3.20. The van der Waals surface area contributed by atoms with Crippen LogP contribution in [0.2, 0.25) is 0 Å². The predicted molar refractivity (Wildman–Crippen MR) is 111 cm³/mol. The molecule has 3 amide bonds. The number of aromatic nitrogens is 1. The predicted octanol–water partition coefficient (Wildman–Crippen LogP) is 1.90. The smallest absolute Gasteiger partial charge is 0.319 e. The SMILES string of the molecule is CCN1CC[C@@]2(CN(Cc3cccnc3)CC23CCN(C(=O)N(C)C)CC3)C1=O. The van der Waals surface area contributed by atoms with Crippen molar-refractivity contribution >= 4 is 11.9 Å². The molecule has 29 heavy (non-hydrogen) atoms. The minimum atomic E-state index is -0.307. The Hall–Kier alpha value is -2.15. The Morgan fingerprint density at radius 1 is 1.17 bits per heavy atom. The molecule has 0 aliphatic carbocycles. The maximum atomic E-state index is 13.6. The Labute approximate surface area is 173 Å². The number of hydrogen-bond acceptors (Lipinski definition) is 4. The first-order valence-corrected chi connectivity index (χ1v) is 10.8. The number of carbonyl (C=O) groups is 2. The molecule has 3 aliphatic heterocycles. The van der Waals surface area contributed by atoms with Gasteiger partial charge in [-0.25, -0.2) is 4.79 Å². The molecule has 0 unspecified atom stereocenters. The summed E-state index contributed by atoms with van der Waals surface area (Å²) in [7, 11) is 3.61. The lowest BCUT2D eigenvalue weighted by Crippen LogP contribution is -2.54. The average molecular weight is 400 g/mol. The normalized spacial score (nSPS) is 26.7. The lowest BCUT2D eigenvalue weighted by molar-refractivity contribution is -0.141. The number of rotatable bonds is 3. The zero-order chi connectivity index (χ0) is 20.6. The number of fused-ring (bicyclic) bond motifs is 1. The lowest BCUT2D eigenvalue weighted by atomic mass is 9.60. The molecule has 7 heteroatoms. The van der Waals surface area contributed by atoms with E-state index in [9.17, 15) is 9.59 Å². The molecule has 0 saturated carbocycles. The molecule has 4 heterocycles. The van der Waals surface area contributed by atoms with E-state index in [1.807, 2.05) is 22.1 Å². The van der Waals surface area contributed by atoms with Crippen LogP contribution in [-0.4, -0.2) is 89.9 Å². The molecule has 0 aromatic carbocycles. The number of likely N-dealkylation sites (tertiary alicyclic amines) is 3. The highest BCUT2D eigenvalue weighted by Crippen LogP contribution is 2.58. The van der Waals surface area contributed by atoms with E-state index in [0.29, 0.717) is 5.91 Å². The second-order valence-corrected chi connectivity index (χ2v) is 9.17. The fourth-order valence-corrected chi connectivity index (χ4v) is 5.87. The van der Waals surface area contributed by atoms with Gasteiger partial charge >= 0.3 is 6.03 Å². The van der Waals surface area contributed by atoms with Gasteiger partial charge in [0.25, 0.3) is 0 Å². The first kappa shape index (κ1) is 20.1. The molecule has 3 saturated heterocycles. The van der Waals surface area contributed by atoms with E-state index in [0.717, 1.165) is 65.1 Å². The van der Waals surface area contributed by atoms with Crippen molar-refractivity contribution < 1.29 is 9.59 Å². The van der Waals surface area contributed by atoms with Crippen molar-refractivity contribution in [1.82, 2.24) is 24.6 Å². The fraction of sp³-hybridized carbons (Fsp3) is 0.682. The first-order valence-electron chi connectivity index (χ1n) is 10.8. The Morgan fingerprint density at radius 3 is 2.52 bits per heavy atom. The molecule has 1 aromatic rings. The van der Waals surface area contributed by atoms with E-state index in [4.69, 9.17) is 0 Å². The number of nitrogens with zero attached hydrogens (tertiary/aromatic N) is 5. The van der Waals surface area contributed by atoms with E-state index in [2.05, 4.69) is 22.9 Å². The molecule has 2 spiro atoms. The minimum Gasteiger partial charge on any atom is -0.342 e. The van der Waals surface area contributed by atoms with Crippen LogP contribution in [0.3, 0.4) is 0 Å². The highest BCUT2D eigenvalue weighted by molar-refractivity contribution is 5.87. The Bertz CT molecular complexity index is 760. The monoisotopic (exact) mass is 399 g/mol. The summed E-state index contributed by atoms with van der Waals surface area (Å²) in [4.78, 5) is 38.3. The molecule has 158 valence electrons. The van der Waals surface area contributed by atoms with Gasteiger partial charge in [0.2, 0.25) is 5.91 Å². The number of hydrogen-bond donors (Lipinski definition) is 0. The molecule has 1 aromatic heterocycles. The fourth-order valence-electron chi connectivity index (χ4n) is 5.87. The summed E-state index contributed by atoms with van der Waals surface area (Å²) < 4.78 is 0. The van der Waals surface area contributed by atoms with Crippen molar-refractivity contribution in [1.29, 1.82) is 0 Å². The number of urea groups is 1. The van der Waals surface area contributed by atoms with Crippen molar-refractivity contribution in [3.63, 3.8) is 0 Å². The summed E-state index contributed by atoms with van der Waals surface area (Å²) in [5, 5.41) is 0. The van der Waals surface area contributed by atoms with Gasteiger partial charge in [-0.2, -0.15) is 0 Å². The van der Waals surface area contributed by atoms with E-state index in [1.54, 1.807) is 25.2 Å². The second-order valence-electron chi connectivity index (χ2n) is 9.17. The molecular weight excluding hydrogens is 366 g/mol. The van der Waals surface area contributed by atoms with Crippen LogP contribution in [0.15, 0.2) is 24.5 Å². The lowest BCUT2D eigenvalue weighted by Gasteiger charge is -2.47. The van der Waals surface area contributed by atoms with Gasteiger partial charge in [-0.3, -0.25) is 14.7 Å². The maximum absolute atomic E-state index is 13.6. The summed E-state index contributed by atoms with van der Waals surface area (Å²) in [5.74, 6) is 0.334. The minimum absolute atomic E-state index is 0.0424. The van der Waals surface area contributed by atoms with Crippen LogP contribution in [0.4, 0.5) is 4.79 Å². The Balaban J connectivity index is 1.58. The first-order chi connectivity index (χ1) is 13.9. The van der Waals surface area contributed by atoms with Gasteiger partial charge in [0.15, 0.2) is 0 Å². The van der Waals surface area contributed by atoms with Crippen molar-refractivity contribution in [2.45, 2.75) is 32.7 Å². The largest absolute Gasteiger partial charge is 0.342 e. The van der Waals surface area contributed by atoms with Crippen LogP contribution in [-0.2, 0) is 11.3 Å². The van der Waals surface area contributed by atoms with Gasteiger partial charge in [-0.05, 0) is 37.8 Å². The van der Waals surface area contributed by atoms with Crippen LogP contribution in [0.1, 0.15) is 31.7 Å². The molecule has 0 bridgehead atoms.